The maximum Gasteiger partial charge on any atom is 0.210 e. The molecule has 0 radical (unpaired) electrons. The number of hydrogen-bond acceptors (Lipinski definition) is 6. The average Bonchev–Trinajstić information content (AvgIpc) is 3.10. The summed E-state index contributed by atoms with van der Waals surface area (Å²) in [4.78, 5) is 0. The van der Waals surface area contributed by atoms with Gasteiger partial charge < -0.3 is 10.6 Å². The van der Waals surface area contributed by atoms with Crippen LogP contribution in [-0.4, -0.2) is 37.5 Å². The van der Waals surface area contributed by atoms with Crippen LogP contribution in [0.3, 0.4) is 0 Å². The summed E-state index contributed by atoms with van der Waals surface area (Å²) in [7, 11) is 1.63. The Hall–Kier alpha value is -2.48. The first-order valence-corrected chi connectivity index (χ1v) is 8.56. The summed E-state index contributed by atoms with van der Waals surface area (Å²) in [6.07, 6.45) is 0. The lowest BCUT2D eigenvalue weighted by molar-refractivity contribution is 0.416. The van der Waals surface area contributed by atoms with Gasteiger partial charge in [-0.15, -0.1) is 10.2 Å². The molecule has 1 aromatic carbocycles. The van der Waals surface area contributed by atoms with Gasteiger partial charge in [0.2, 0.25) is 5.16 Å². The highest BCUT2D eigenvalue weighted by Crippen LogP contribution is 2.29. The maximum absolute atomic E-state index is 6.17. The Balaban J connectivity index is 1.72. The van der Waals surface area contributed by atoms with Gasteiger partial charge in [0.1, 0.15) is 5.75 Å². The summed E-state index contributed by atoms with van der Waals surface area (Å²) in [6, 6.07) is 9.68. The van der Waals surface area contributed by atoms with Gasteiger partial charge in [0.15, 0.2) is 5.82 Å². The van der Waals surface area contributed by atoms with Crippen LogP contribution in [0.1, 0.15) is 11.4 Å². The van der Waals surface area contributed by atoms with Crippen molar-refractivity contribution < 1.29 is 4.74 Å². The van der Waals surface area contributed by atoms with Gasteiger partial charge >= 0.3 is 0 Å². The molecule has 2 N–H and O–H groups in total. The second kappa shape index (κ2) is 6.96. The molecule has 126 valence electrons. The molecule has 0 unspecified atom stereocenters. The zero-order chi connectivity index (χ0) is 17.1. The fourth-order valence-corrected chi connectivity index (χ4v) is 3.28. The minimum atomic E-state index is 0.584. The summed E-state index contributed by atoms with van der Waals surface area (Å²) in [5.74, 6) is 8.28. The second-order valence-corrected chi connectivity index (χ2v) is 6.44. The highest BCUT2D eigenvalue weighted by Gasteiger charge is 2.15. The van der Waals surface area contributed by atoms with E-state index in [-0.39, 0.29) is 0 Å². The molecule has 8 heteroatoms. The van der Waals surface area contributed by atoms with Gasteiger partial charge in [-0.25, -0.2) is 4.68 Å². The highest BCUT2D eigenvalue weighted by molar-refractivity contribution is 7.99. The Bertz CT molecular complexity index is 841. The molecule has 24 heavy (non-hydrogen) atoms. The molecular weight excluding hydrogens is 324 g/mol. The molecule has 3 rings (SSSR count). The van der Waals surface area contributed by atoms with Crippen LogP contribution in [0.5, 0.6) is 5.75 Å². The lowest BCUT2D eigenvalue weighted by atomic mass is 10.2. The van der Waals surface area contributed by atoms with Gasteiger partial charge in [0, 0.05) is 11.4 Å². The number of hydrogen-bond donors (Lipinski definition) is 1. The molecule has 0 aliphatic carbocycles. The quantitative estimate of drug-likeness (QED) is 0.545. The Labute approximate surface area is 144 Å². The van der Waals surface area contributed by atoms with Crippen molar-refractivity contribution in [1.82, 2.24) is 24.7 Å². The number of ether oxygens (including phenoxy) is 1. The topological polar surface area (TPSA) is 83.8 Å². The third kappa shape index (κ3) is 3.23. The largest absolute Gasteiger partial charge is 0.496 e. The molecule has 2 aromatic heterocycles. The van der Waals surface area contributed by atoms with Crippen LogP contribution in [-0.2, 0) is 6.54 Å². The van der Waals surface area contributed by atoms with Crippen LogP contribution in [0.25, 0.3) is 11.4 Å². The highest BCUT2D eigenvalue weighted by atomic mass is 32.2. The zero-order valence-corrected chi connectivity index (χ0v) is 14.7. The molecule has 7 nitrogen and oxygen atoms in total. The predicted octanol–water partition coefficient (Wildman–Crippen LogP) is 2.27. The van der Waals surface area contributed by atoms with Gasteiger partial charge in [-0.3, -0.25) is 4.68 Å². The smallest absolute Gasteiger partial charge is 0.210 e. The van der Waals surface area contributed by atoms with Crippen molar-refractivity contribution in [2.24, 2.45) is 0 Å². The molecule has 3 aromatic rings. The number of aromatic nitrogens is 5. The minimum Gasteiger partial charge on any atom is -0.496 e. The number of nitrogens with zero attached hydrogens (tertiary/aromatic N) is 5. The number of rotatable bonds is 6. The van der Waals surface area contributed by atoms with Crippen molar-refractivity contribution in [1.29, 1.82) is 0 Å². The summed E-state index contributed by atoms with van der Waals surface area (Å²) in [6.45, 7) is 4.84. The van der Waals surface area contributed by atoms with Crippen LogP contribution in [0.4, 0.5) is 0 Å². The Morgan fingerprint density at radius 2 is 2.00 bits per heavy atom. The van der Waals surface area contributed by atoms with E-state index in [1.807, 2.05) is 35.9 Å². The number of thioether (sulfide) groups is 1. The second-order valence-electron chi connectivity index (χ2n) is 5.38. The van der Waals surface area contributed by atoms with Gasteiger partial charge in [0.25, 0.3) is 0 Å². The molecule has 0 aliphatic rings. The zero-order valence-electron chi connectivity index (χ0n) is 13.9. The molecule has 0 saturated heterocycles. The number of aryl methyl sites for hydroxylation is 3. The van der Waals surface area contributed by atoms with E-state index in [1.54, 1.807) is 18.9 Å². The monoisotopic (exact) mass is 344 g/mol. The van der Waals surface area contributed by atoms with Crippen molar-refractivity contribution in [3.05, 3.63) is 41.7 Å². The number of nitrogens with two attached hydrogens (primary N) is 1. The Morgan fingerprint density at radius 3 is 2.71 bits per heavy atom. The minimum absolute atomic E-state index is 0.584. The van der Waals surface area contributed by atoms with Crippen LogP contribution in [0.2, 0.25) is 0 Å². The van der Waals surface area contributed by atoms with Crippen molar-refractivity contribution in [3.63, 3.8) is 0 Å². The Morgan fingerprint density at radius 1 is 1.21 bits per heavy atom. The summed E-state index contributed by atoms with van der Waals surface area (Å²) in [5, 5.41) is 13.5. The summed E-state index contributed by atoms with van der Waals surface area (Å²) >= 11 is 1.55. The van der Waals surface area contributed by atoms with Crippen LogP contribution in [0, 0.1) is 13.8 Å². The Kier molecular flexibility index (Phi) is 4.75. The van der Waals surface area contributed by atoms with E-state index in [0.29, 0.717) is 11.0 Å². The van der Waals surface area contributed by atoms with Crippen molar-refractivity contribution in [2.45, 2.75) is 25.5 Å². The van der Waals surface area contributed by atoms with Crippen molar-refractivity contribution >= 4 is 11.8 Å². The average molecular weight is 344 g/mol. The summed E-state index contributed by atoms with van der Waals surface area (Å²) < 4.78 is 8.85. The first-order valence-electron chi connectivity index (χ1n) is 7.58. The van der Waals surface area contributed by atoms with E-state index >= 15 is 0 Å². The molecule has 0 amide bonds. The van der Waals surface area contributed by atoms with E-state index < -0.39 is 0 Å². The normalized spacial score (nSPS) is 11.0. The van der Waals surface area contributed by atoms with Gasteiger partial charge in [-0.2, -0.15) is 5.10 Å². The molecule has 0 bridgehead atoms. The lowest BCUT2D eigenvalue weighted by Crippen LogP contribution is -2.13. The molecule has 2 heterocycles. The van der Waals surface area contributed by atoms with E-state index in [2.05, 4.69) is 28.3 Å². The first kappa shape index (κ1) is 16.4. The maximum atomic E-state index is 6.17. The van der Waals surface area contributed by atoms with E-state index in [0.717, 1.165) is 35.0 Å². The number of para-hydroxylation sites is 1. The molecule has 0 spiro atoms. The number of methoxy groups -OCH3 is 1. The van der Waals surface area contributed by atoms with Crippen molar-refractivity contribution in [2.75, 3.05) is 18.7 Å². The third-order valence-corrected chi connectivity index (χ3v) is 4.57. The SMILES string of the molecule is COc1ccccc1-c1nnc(SCCn2nc(C)cc2C)n1N. The molecule has 0 saturated carbocycles. The first-order chi connectivity index (χ1) is 11.6. The summed E-state index contributed by atoms with van der Waals surface area (Å²) in [5.41, 5.74) is 3.00. The standard InChI is InChI=1S/C16H20N6OS/c1-11-10-12(2)21(20-11)8-9-24-16-19-18-15(22(16)17)13-6-4-5-7-14(13)23-3/h4-7,10H,8-9,17H2,1-3H3. The van der Waals surface area contributed by atoms with Crippen molar-refractivity contribution in [3.8, 4) is 17.1 Å². The number of benzene rings is 1. The van der Waals surface area contributed by atoms with Gasteiger partial charge in [-0.05, 0) is 32.0 Å². The molecule has 0 aliphatic heterocycles. The van der Waals surface area contributed by atoms with Crippen LogP contribution in [0.15, 0.2) is 35.5 Å². The fraction of sp³-hybridized carbons (Fsp3) is 0.312. The number of nitrogen functional groups attached to an aromatic ring is 1. The third-order valence-electron chi connectivity index (χ3n) is 3.65. The fourth-order valence-electron chi connectivity index (χ4n) is 2.51. The van der Waals surface area contributed by atoms with E-state index in [4.69, 9.17) is 10.6 Å². The van der Waals surface area contributed by atoms with E-state index in [1.165, 1.54) is 4.68 Å². The molecular formula is C16H20N6OS. The van der Waals surface area contributed by atoms with Crippen LogP contribution < -0.4 is 10.6 Å². The van der Waals surface area contributed by atoms with E-state index in [9.17, 15) is 0 Å². The van der Waals surface area contributed by atoms with Gasteiger partial charge in [0.05, 0.1) is 24.9 Å². The van der Waals surface area contributed by atoms with Crippen LogP contribution >= 0.6 is 11.8 Å². The van der Waals surface area contributed by atoms with Gasteiger partial charge in [-0.1, -0.05) is 23.9 Å². The molecule has 0 atom stereocenters. The lowest BCUT2D eigenvalue weighted by Gasteiger charge is -2.08. The molecule has 0 fully saturated rings. The predicted molar refractivity (Wildman–Crippen MR) is 94.6 cm³/mol.